The molecule has 0 spiro atoms. The lowest BCUT2D eigenvalue weighted by Crippen LogP contribution is -2.51. The van der Waals surface area contributed by atoms with Crippen molar-refractivity contribution < 1.29 is 14.3 Å². The zero-order valence-corrected chi connectivity index (χ0v) is 17.3. The number of methoxy groups -OCH3 is 1. The number of aromatic nitrogens is 6. The van der Waals surface area contributed by atoms with Gasteiger partial charge in [0.1, 0.15) is 23.7 Å². The third kappa shape index (κ3) is 2.37. The Kier molecular flexibility index (Phi) is 3.70. The summed E-state index contributed by atoms with van der Waals surface area (Å²) < 4.78 is 16.0. The fraction of sp³-hybridized carbons (Fsp3) is 0.500. The van der Waals surface area contributed by atoms with Gasteiger partial charge in [-0.1, -0.05) is 0 Å². The molecular weight excluding hydrogens is 428 g/mol. The van der Waals surface area contributed by atoms with Crippen molar-refractivity contribution in [3.05, 3.63) is 40.3 Å². The van der Waals surface area contributed by atoms with Gasteiger partial charge in [0.2, 0.25) is 0 Å². The van der Waals surface area contributed by atoms with E-state index in [0.717, 1.165) is 21.5 Å². The standard InChI is InChI=1S/C18H19BrN6O3/c1-10-4-12(19)5-24-15(10)22-14(23-24)13-18(16(26)27-3)6-17(7-18,28-13)8-25-11(2)20-9-21-25/h4-5,9,13H,6-8H2,1-3H3. The minimum absolute atomic E-state index is 0.280. The monoisotopic (exact) mass is 446 g/mol. The highest BCUT2D eigenvalue weighted by Crippen LogP contribution is 2.67. The van der Waals surface area contributed by atoms with Crippen molar-refractivity contribution in [2.24, 2.45) is 5.41 Å². The van der Waals surface area contributed by atoms with Crippen molar-refractivity contribution in [3.8, 4) is 0 Å². The molecule has 3 fully saturated rings. The topological polar surface area (TPSA) is 96.4 Å². The maximum atomic E-state index is 12.7. The van der Waals surface area contributed by atoms with Crippen LogP contribution in [0.2, 0.25) is 0 Å². The molecule has 1 atom stereocenters. The SMILES string of the molecule is COC(=O)C12CC(Cn3ncnc3C)(C1)OC2c1nc2c(C)cc(Br)cn2n1. The van der Waals surface area contributed by atoms with E-state index >= 15 is 0 Å². The normalized spacial score (nSPS) is 28.5. The van der Waals surface area contributed by atoms with Crippen LogP contribution in [0.1, 0.15) is 36.2 Å². The van der Waals surface area contributed by atoms with Gasteiger partial charge in [-0.05, 0) is 54.2 Å². The lowest BCUT2D eigenvalue weighted by Gasteiger charge is -2.42. The molecule has 3 aliphatic rings. The van der Waals surface area contributed by atoms with E-state index in [1.807, 2.05) is 30.8 Å². The first-order valence-corrected chi connectivity index (χ1v) is 9.78. The van der Waals surface area contributed by atoms with Crippen LogP contribution in [0.25, 0.3) is 5.65 Å². The van der Waals surface area contributed by atoms with Gasteiger partial charge in [0.25, 0.3) is 0 Å². The van der Waals surface area contributed by atoms with Gasteiger partial charge in [0.05, 0.1) is 19.3 Å². The highest BCUT2D eigenvalue weighted by molar-refractivity contribution is 9.10. The summed E-state index contributed by atoms with van der Waals surface area (Å²) in [5.74, 6) is 1.03. The largest absolute Gasteiger partial charge is 0.469 e. The van der Waals surface area contributed by atoms with Crippen molar-refractivity contribution in [3.63, 3.8) is 0 Å². The van der Waals surface area contributed by atoms with Crippen LogP contribution < -0.4 is 0 Å². The molecule has 28 heavy (non-hydrogen) atoms. The van der Waals surface area contributed by atoms with Gasteiger partial charge in [-0.2, -0.15) is 5.10 Å². The molecule has 6 rings (SSSR count). The number of halogens is 1. The molecule has 1 aliphatic carbocycles. The van der Waals surface area contributed by atoms with Crippen molar-refractivity contribution >= 4 is 27.5 Å². The van der Waals surface area contributed by atoms with Crippen LogP contribution in [-0.2, 0) is 20.8 Å². The molecule has 2 aliphatic heterocycles. The molecule has 3 aromatic heterocycles. The number of carbonyl (C=O) groups excluding carboxylic acids is 1. The van der Waals surface area contributed by atoms with E-state index in [4.69, 9.17) is 9.47 Å². The molecule has 0 N–H and O–H groups in total. The first kappa shape index (κ1) is 17.7. The minimum atomic E-state index is -0.765. The molecule has 2 bridgehead atoms. The third-order valence-electron chi connectivity index (χ3n) is 5.82. The molecule has 0 radical (unpaired) electrons. The summed E-state index contributed by atoms with van der Waals surface area (Å²) in [7, 11) is 1.41. The van der Waals surface area contributed by atoms with E-state index in [0.29, 0.717) is 25.2 Å². The molecule has 1 unspecified atom stereocenters. The third-order valence-corrected chi connectivity index (χ3v) is 6.25. The Bertz CT molecular complexity index is 1100. The lowest BCUT2D eigenvalue weighted by atomic mass is 9.59. The predicted octanol–water partition coefficient (Wildman–Crippen LogP) is 2.16. The van der Waals surface area contributed by atoms with Gasteiger partial charge in [-0.3, -0.25) is 4.79 Å². The van der Waals surface area contributed by atoms with Crippen LogP contribution in [0.3, 0.4) is 0 Å². The zero-order valence-electron chi connectivity index (χ0n) is 15.7. The molecule has 1 saturated carbocycles. The molecule has 10 heteroatoms. The number of ether oxygens (including phenoxy) is 2. The Labute approximate surface area is 169 Å². The first-order valence-electron chi connectivity index (χ1n) is 8.99. The van der Waals surface area contributed by atoms with E-state index in [1.54, 1.807) is 4.52 Å². The second-order valence-electron chi connectivity index (χ2n) is 7.73. The van der Waals surface area contributed by atoms with Crippen molar-refractivity contribution in [2.45, 2.75) is 44.9 Å². The smallest absolute Gasteiger partial charge is 0.315 e. The number of esters is 1. The number of hydrogen-bond donors (Lipinski definition) is 0. The van der Waals surface area contributed by atoms with Gasteiger partial charge in [0, 0.05) is 10.7 Å². The van der Waals surface area contributed by atoms with E-state index in [-0.39, 0.29) is 5.97 Å². The molecule has 9 nitrogen and oxygen atoms in total. The van der Waals surface area contributed by atoms with E-state index in [2.05, 4.69) is 36.1 Å². The quantitative estimate of drug-likeness (QED) is 0.566. The Balaban J connectivity index is 1.54. The van der Waals surface area contributed by atoms with Gasteiger partial charge in [0.15, 0.2) is 11.5 Å². The average Bonchev–Trinajstić information content (AvgIpc) is 3.35. The summed E-state index contributed by atoms with van der Waals surface area (Å²) in [6, 6.07) is 1.98. The fourth-order valence-electron chi connectivity index (χ4n) is 4.62. The average molecular weight is 447 g/mol. The van der Waals surface area contributed by atoms with Crippen molar-refractivity contribution in [1.29, 1.82) is 0 Å². The van der Waals surface area contributed by atoms with Crippen LogP contribution in [0, 0.1) is 19.3 Å². The molecule has 3 aromatic rings. The summed E-state index contributed by atoms with van der Waals surface area (Å²) >= 11 is 3.48. The molecule has 146 valence electrons. The fourth-order valence-corrected chi connectivity index (χ4v) is 5.16. The maximum absolute atomic E-state index is 12.7. The van der Waals surface area contributed by atoms with E-state index < -0.39 is 17.1 Å². The number of rotatable bonds is 4. The Morgan fingerprint density at radius 1 is 1.43 bits per heavy atom. The van der Waals surface area contributed by atoms with Crippen LogP contribution in [-0.4, -0.2) is 48.0 Å². The second-order valence-corrected chi connectivity index (χ2v) is 8.64. The van der Waals surface area contributed by atoms with E-state index in [1.165, 1.54) is 13.4 Å². The Hall–Kier alpha value is -2.33. The Morgan fingerprint density at radius 3 is 2.89 bits per heavy atom. The summed E-state index contributed by atoms with van der Waals surface area (Å²) in [4.78, 5) is 21.6. The van der Waals surface area contributed by atoms with Crippen molar-refractivity contribution in [1.82, 2.24) is 29.4 Å². The lowest BCUT2D eigenvalue weighted by molar-refractivity contribution is -0.159. The highest BCUT2D eigenvalue weighted by Gasteiger charge is 2.73. The molecule has 0 aromatic carbocycles. The Morgan fingerprint density at radius 2 is 2.21 bits per heavy atom. The zero-order chi connectivity index (χ0) is 19.7. The summed E-state index contributed by atoms with van der Waals surface area (Å²) in [5, 5.41) is 8.87. The summed E-state index contributed by atoms with van der Waals surface area (Å²) in [6.45, 7) is 4.40. The summed E-state index contributed by atoms with van der Waals surface area (Å²) in [5.41, 5.74) is 0.467. The number of pyridine rings is 1. The van der Waals surface area contributed by atoms with Gasteiger partial charge >= 0.3 is 5.97 Å². The number of nitrogens with zero attached hydrogens (tertiary/aromatic N) is 6. The van der Waals surface area contributed by atoms with Crippen LogP contribution in [0.4, 0.5) is 0 Å². The predicted molar refractivity (Wildman–Crippen MR) is 100 cm³/mol. The van der Waals surface area contributed by atoms with Crippen molar-refractivity contribution in [2.75, 3.05) is 7.11 Å². The number of aryl methyl sites for hydroxylation is 2. The number of carbonyl (C=O) groups is 1. The first-order chi connectivity index (χ1) is 13.4. The maximum Gasteiger partial charge on any atom is 0.315 e. The van der Waals surface area contributed by atoms with Crippen LogP contribution >= 0.6 is 15.9 Å². The number of hydrogen-bond acceptors (Lipinski definition) is 7. The second kappa shape index (κ2) is 5.84. The van der Waals surface area contributed by atoms with Gasteiger partial charge in [-0.15, -0.1) is 5.10 Å². The summed E-state index contributed by atoms with van der Waals surface area (Å²) in [6.07, 6.45) is 3.91. The van der Waals surface area contributed by atoms with Crippen LogP contribution in [0.5, 0.6) is 0 Å². The van der Waals surface area contributed by atoms with Crippen LogP contribution in [0.15, 0.2) is 23.1 Å². The molecule has 5 heterocycles. The van der Waals surface area contributed by atoms with Gasteiger partial charge in [-0.25, -0.2) is 19.2 Å². The highest BCUT2D eigenvalue weighted by atomic mass is 79.9. The number of fused-ring (bicyclic) bond motifs is 2. The molecule has 0 amide bonds. The minimum Gasteiger partial charge on any atom is -0.469 e. The van der Waals surface area contributed by atoms with E-state index in [9.17, 15) is 4.79 Å². The van der Waals surface area contributed by atoms with Gasteiger partial charge < -0.3 is 9.47 Å². The molecule has 2 saturated heterocycles. The molecular formula is C18H19BrN6O3.